The Hall–Kier alpha value is -0.550. The number of methoxy groups -OCH3 is 1. The first-order valence-electron chi connectivity index (χ1n) is 6.35. The molecule has 0 saturated heterocycles. The van der Waals surface area contributed by atoms with Gasteiger partial charge in [-0.25, -0.2) is 0 Å². The lowest BCUT2D eigenvalue weighted by Gasteiger charge is -2.10. The van der Waals surface area contributed by atoms with Crippen molar-refractivity contribution in [2.75, 3.05) is 26.0 Å². The maximum Gasteiger partial charge on any atom is 0.0867 e. The number of rotatable bonds is 9. The highest BCUT2D eigenvalue weighted by Crippen LogP contribution is 2.20. The average Bonchev–Trinajstić information content (AvgIpc) is 2.38. The fourth-order valence-corrected chi connectivity index (χ4v) is 2.48. The van der Waals surface area contributed by atoms with Gasteiger partial charge in [-0.05, 0) is 30.7 Å². The van der Waals surface area contributed by atoms with E-state index in [2.05, 4.69) is 36.5 Å². The van der Waals surface area contributed by atoms with Crippen molar-refractivity contribution >= 4 is 11.8 Å². The van der Waals surface area contributed by atoms with E-state index in [1.54, 1.807) is 18.9 Å². The van der Waals surface area contributed by atoms with Crippen molar-refractivity contribution in [1.29, 1.82) is 0 Å². The van der Waals surface area contributed by atoms with Crippen LogP contribution in [-0.2, 0) is 11.3 Å². The molecule has 0 radical (unpaired) electrons. The Balaban J connectivity index is 2.39. The van der Waals surface area contributed by atoms with Crippen molar-refractivity contribution in [2.45, 2.75) is 30.9 Å². The van der Waals surface area contributed by atoms with Gasteiger partial charge in [0.25, 0.3) is 0 Å². The zero-order chi connectivity index (χ0) is 13.2. The molecule has 0 aliphatic rings. The molecule has 1 aromatic carbocycles. The van der Waals surface area contributed by atoms with Crippen molar-refractivity contribution in [2.24, 2.45) is 0 Å². The molecule has 0 aliphatic heterocycles. The van der Waals surface area contributed by atoms with Crippen LogP contribution in [0.4, 0.5) is 0 Å². The van der Waals surface area contributed by atoms with E-state index in [1.807, 2.05) is 0 Å². The first-order valence-corrected chi connectivity index (χ1v) is 7.34. The number of nitrogens with one attached hydrogen (secondary N) is 1. The number of benzene rings is 1. The molecule has 18 heavy (non-hydrogen) atoms. The molecule has 0 spiro atoms. The molecule has 1 aromatic rings. The highest BCUT2D eigenvalue weighted by molar-refractivity contribution is 7.99. The topological polar surface area (TPSA) is 41.5 Å². The van der Waals surface area contributed by atoms with Crippen LogP contribution in [0.25, 0.3) is 0 Å². The van der Waals surface area contributed by atoms with Crippen molar-refractivity contribution in [1.82, 2.24) is 5.32 Å². The van der Waals surface area contributed by atoms with E-state index in [4.69, 9.17) is 4.74 Å². The van der Waals surface area contributed by atoms with Gasteiger partial charge in [0.2, 0.25) is 0 Å². The maximum atomic E-state index is 9.59. The van der Waals surface area contributed by atoms with Gasteiger partial charge in [-0.3, -0.25) is 0 Å². The first-order chi connectivity index (χ1) is 8.76. The summed E-state index contributed by atoms with van der Waals surface area (Å²) in [5.74, 6) is 0.666. The van der Waals surface area contributed by atoms with Gasteiger partial charge in [0.15, 0.2) is 0 Å². The van der Waals surface area contributed by atoms with E-state index in [0.717, 1.165) is 19.5 Å². The Bertz CT molecular complexity index is 333. The minimum absolute atomic E-state index is 0.394. The van der Waals surface area contributed by atoms with Crippen molar-refractivity contribution in [3.8, 4) is 0 Å². The molecule has 1 unspecified atom stereocenters. The molecule has 3 nitrogen and oxygen atoms in total. The Morgan fingerprint density at radius 3 is 3.00 bits per heavy atom. The summed E-state index contributed by atoms with van der Waals surface area (Å²) in [5.41, 5.74) is 1.29. The molecule has 0 bridgehead atoms. The largest absolute Gasteiger partial charge is 0.390 e. The summed E-state index contributed by atoms with van der Waals surface area (Å²) in [6.07, 6.45) is 0.749. The van der Waals surface area contributed by atoms with Gasteiger partial charge >= 0.3 is 0 Å². The zero-order valence-electron chi connectivity index (χ0n) is 11.2. The van der Waals surface area contributed by atoms with Crippen molar-refractivity contribution in [3.05, 3.63) is 29.8 Å². The molecule has 2 N–H and O–H groups in total. The van der Waals surface area contributed by atoms with E-state index in [0.29, 0.717) is 12.4 Å². The first kappa shape index (κ1) is 15.5. The van der Waals surface area contributed by atoms with E-state index in [9.17, 15) is 5.11 Å². The average molecular weight is 269 g/mol. The van der Waals surface area contributed by atoms with Crippen LogP contribution in [0.2, 0.25) is 0 Å². The molecular formula is C14H23NO2S. The molecule has 0 amide bonds. The Morgan fingerprint density at radius 2 is 2.28 bits per heavy atom. The smallest absolute Gasteiger partial charge is 0.0867 e. The molecule has 0 aromatic heterocycles. The third-order valence-corrected chi connectivity index (χ3v) is 3.59. The van der Waals surface area contributed by atoms with E-state index >= 15 is 0 Å². The lowest BCUT2D eigenvalue weighted by molar-refractivity contribution is 0.0794. The summed E-state index contributed by atoms with van der Waals surface area (Å²) >= 11 is 1.66. The molecule has 4 heteroatoms. The molecule has 102 valence electrons. The number of thioether (sulfide) groups is 1. The standard InChI is InChI=1S/C14H23NO2S/c1-3-7-15-9-12-5-4-6-14(8-12)18-11-13(16)10-17-2/h4-6,8,13,15-16H,3,7,9-11H2,1-2H3. The molecule has 1 rings (SSSR count). The van der Waals surface area contributed by atoms with Gasteiger partial charge in [-0.1, -0.05) is 19.1 Å². The van der Waals surface area contributed by atoms with E-state index in [1.165, 1.54) is 10.5 Å². The second-order valence-corrected chi connectivity index (χ2v) is 5.34. The van der Waals surface area contributed by atoms with Crippen LogP contribution < -0.4 is 5.32 Å². The van der Waals surface area contributed by atoms with Gasteiger partial charge in [0.05, 0.1) is 12.7 Å². The summed E-state index contributed by atoms with van der Waals surface area (Å²) in [5, 5.41) is 13.0. The van der Waals surface area contributed by atoms with Gasteiger partial charge < -0.3 is 15.2 Å². The lowest BCUT2D eigenvalue weighted by Crippen LogP contribution is -2.16. The van der Waals surface area contributed by atoms with Gasteiger partial charge in [0, 0.05) is 24.3 Å². The van der Waals surface area contributed by atoms with E-state index < -0.39 is 6.10 Å². The van der Waals surface area contributed by atoms with Crippen molar-refractivity contribution in [3.63, 3.8) is 0 Å². The van der Waals surface area contributed by atoms with E-state index in [-0.39, 0.29) is 0 Å². The van der Waals surface area contributed by atoms with Crippen molar-refractivity contribution < 1.29 is 9.84 Å². The second-order valence-electron chi connectivity index (χ2n) is 4.24. The normalized spacial score (nSPS) is 12.6. The SMILES string of the molecule is CCCNCc1cccc(SCC(O)COC)c1. The van der Waals surface area contributed by atoms with Crippen LogP contribution in [0.3, 0.4) is 0 Å². The quantitative estimate of drug-likeness (QED) is 0.533. The summed E-state index contributed by atoms with van der Waals surface area (Å²) in [4.78, 5) is 1.20. The van der Waals surface area contributed by atoms with Crippen LogP contribution in [0, 0.1) is 0 Å². The van der Waals surface area contributed by atoms with Crippen LogP contribution in [0.15, 0.2) is 29.2 Å². The second kappa shape index (κ2) is 9.39. The molecule has 0 heterocycles. The number of aliphatic hydroxyl groups excluding tert-OH is 1. The molecular weight excluding hydrogens is 246 g/mol. The predicted molar refractivity (Wildman–Crippen MR) is 77.0 cm³/mol. The number of ether oxygens (including phenoxy) is 1. The summed E-state index contributed by atoms with van der Waals surface area (Å²) in [7, 11) is 1.61. The lowest BCUT2D eigenvalue weighted by atomic mass is 10.2. The zero-order valence-corrected chi connectivity index (χ0v) is 12.0. The highest BCUT2D eigenvalue weighted by atomic mass is 32.2. The third kappa shape index (κ3) is 6.40. The maximum absolute atomic E-state index is 9.59. The van der Waals surface area contributed by atoms with Crippen LogP contribution >= 0.6 is 11.8 Å². The summed E-state index contributed by atoms with van der Waals surface area (Å²) < 4.78 is 4.91. The Morgan fingerprint density at radius 1 is 1.44 bits per heavy atom. The summed E-state index contributed by atoms with van der Waals surface area (Å²) in [6.45, 7) is 4.51. The molecule has 0 aliphatic carbocycles. The third-order valence-electron chi connectivity index (χ3n) is 2.46. The number of hydrogen-bond acceptors (Lipinski definition) is 4. The van der Waals surface area contributed by atoms with Crippen LogP contribution in [0.5, 0.6) is 0 Å². The van der Waals surface area contributed by atoms with Gasteiger partial charge in [-0.15, -0.1) is 11.8 Å². The predicted octanol–water partition coefficient (Wildman–Crippen LogP) is 2.29. The van der Waals surface area contributed by atoms with Gasteiger partial charge in [-0.2, -0.15) is 0 Å². The highest BCUT2D eigenvalue weighted by Gasteiger charge is 2.04. The monoisotopic (exact) mass is 269 g/mol. The molecule has 1 atom stereocenters. The number of hydrogen-bond donors (Lipinski definition) is 2. The molecule has 0 saturated carbocycles. The summed E-state index contributed by atoms with van der Waals surface area (Å²) in [6, 6.07) is 8.44. The fourth-order valence-electron chi connectivity index (χ4n) is 1.59. The van der Waals surface area contributed by atoms with Gasteiger partial charge in [0.1, 0.15) is 0 Å². The minimum Gasteiger partial charge on any atom is -0.390 e. The Labute approximate surface area is 114 Å². The minimum atomic E-state index is -0.401. The van der Waals surface area contributed by atoms with Crippen LogP contribution in [0.1, 0.15) is 18.9 Å². The molecule has 0 fully saturated rings. The van der Waals surface area contributed by atoms with Crippen LogP contribution in [-0.4, -0.2) is 37.2 Å². The number of aliphatic hydroxyl groups is 1. The Kier molecular flexibility index (Phi) is 8.09. The fraction of sp³-hybridized carbons (Fsp3) is 0.571.